The summed E-state index contributed by atoms with van der Waals surface area (Å²) in [6.07, 6.45) is 1.31. The second kappa shape index (κ2) is 5.89. The van der Waals surface area contributed by atoms with Crippen LogP contribution in [0, 0.1) is 0 Å². The third-order valence-corrected chi connectivity index (χ3v) is 4.09. The molecule has 1 N–H and O–H groups in total. The van der Waals surface area contributed by atoms with E-state index in [1.807, 2.05) is 41.8 Å². The lowest BCUT2D eigenvalue weighted by Crippen LogP contribution is -2.42. The summed E-state index contributed by atoms with van der Waals surface area (Å²) in [6, 6.07) is 11.7. The number of esters is 2. The van der Waals surface area contributed by atoms with E-state index in [-0.39, 0.29) is 5.57 Å². The van der Waals surface area contributed by atoms with Gasteiger partial charge in [-0.2, -0.15) is 0 Å². The van der Waals surface area contributed by atoms with Gasteiger partial charge in [-0.15, -0.1) is 11.3 Å². The van der Waals surface area contributed by atoms with Crippen molar-refractivity contribution in [3.8, 4) is 10.4 Å². The van der Waals surface area contributed by atoms with E-state index in [0.29, 0.717) is 0 Å². The average molecular weight is 329 g/mol. The molecule has 5 nitrogen and oxygen atoms in total. The lowest BCUT2D eigenvalue weighted by molar-refractivity contribution is -0.222. The highest BCUT2D eigenvalue weighted by Crippen LogP contribution is 2.27. The maximum Gasteiger partial charge on any atom is 0.350 e. The van der Waals surface area contributed by atoms with Crippen LogP contribution < -0.4 is 5.32 Å². The predicted molar refractivity (Wildman–Crippen MR) is 87.7 cm³/mol. The number of hydrogen-bond donors (Lipinski definition) is 1. The molecule has 0 unspecified atom stereocenters. The molecule has 0 amide bonds. The minimum atomic E-state index is -1.23. The van der Waals surface area contributed by atoms with E-state index in [0.717, 1.165) is 16.1 Å². The van der Waals surface area contributed by atoms with Crippen molar-refractivity contribution in [2.45, 2.75) is 19.6 Å². The van der Waals surface area contributed by atoms with E-state index in [9.17, 15) is 9.59 Å². The van der Waals surface area contributed by atoms with Crippen LogP contribution in [0.5, 0.6) is 0 Å². The Morgan fingerprint density at radius 2 is 1.83 bits per heavy atom. The number of carbonyl (C=O) groups excluding carboxylic acids is 2. The third-order valence-electron chi connectivity index (χ3n) is 3.17. The van der Waals surface area contributed by atoms with E-state index in [2.05, 4.69) is 5.32 Å². The number of anilines is 1. The van der Waals surface area contributed by atoms with Gasteiger partial charge in [0, 0.05) is 30.6 Å². The number of ether oxygens (including phenoxy) is 2. The second-order valence-corrected chi connectivity index (χ2v) is 6.39. The fourth-order valence-electron chi connectivity index (χ4n) is 2.14. The molecule has 23 heavy (non-hydrogen) atoms. The van der Waals surface area contributed by atoms with Crippen LogP contribution in [0.15, 0.2) is 53.6 Å². The van der Waals surface area contributed by atoms with Gasteiger partial charge in [0.2, 0.25) is 0 Å². The number of cyclic esters (lactones) is 2. The highest BCUT2D eigenvalue weighted by Gasteiger charge is 2.38. The maximum absolute atomic E-state index is 11.9. The molecule has 0 saturated carbocycles. The maximum atomic E-state index is 11.9. The van der Waals surface area contributed by atoms with Crippen molar-refractivity contribution in [2.75, 3.05) is 5.32 Å². The van der Waals surface area contributed by atoms with E-state index in [4.69, 9.17) is 9.47 Å². The molecule has 1 aliphatic heterocycles. The summed E-state index contributed by atoms with van der Waals surface area (Å²) in [5.74, 6) is -2.63. The van der Waals surface area contributed by atoms with Gasteiger partial charge in [0.25, 0.3) is 5.79 Å². The van der Waals surface area contributed by atoms with Gasteiger partial charge in [0.15, 0.2) is 5.57 Å². The normalized spacial score (nSPS) is 16.5. The average Bonchev–Trinajstić information content (AvgIpc) is 2.99. The Labute approximate surface area is 137 Å². The molecule has 0 bridgehead atoms. The predicted octanol–water partition coefficient (Wildman–Crippen LogP) is 3.55. The summed E-state index contributed by atoms with van der Waals surface area (Å²) >= 11 is 1.64. The summed E-state index contributed by atoms with van der Waals surface area (Å²) < 4.78 is 10.1. The molecule has 1 saturated heterocycles. The van der Waals surface area contributed by atoms with Crippen LogP contribution in [-0.2, 0) is 19.1 Å². The van der Waals surface area contributed by atoms with Crippen LogP contribution in [0.4, 0.5) is 5.69 Å². The monoisotopic (exact) mass is 329 g/mol. The molecule has 6 heteroatoms. The first-order valence-electron chi connectivity index (χ1n) is 7.02. The van der Waals surface area contributed by atoms with E-state index in [1.165, 1.54) is 20.0 Å². The SMILES string of the molecule is CC1(C)OC(=O)C(=CNc2cccc(-c3cccs3)c2)C(=O)O1. The molecule has 0 spiro atoms. The number of rotatable bonds is 3. The van der Waals surface area contributed by atoms with E-state index in [1.54, 1.807) is 11.3 Å². The molecule has 118 valence electrons. The molecule has 2 aromatic rings. The van der Waals surface area contributed by atoms with Crippen molar-refractivity contribution < 1.29 is 19.1 Å². The lowest BCUT2D eigenvalue weighted by atomic mass is 10.1. The third kappa shape index (κ3) is 3.43. The Hall–Kier alpha value is -2.60. The number of nitrogens with one attached hydrogen (secondary N) is 1. The van der Waals surface area contributed by atoms with Crippen molar-refractivity contribution in [1.29, 1.82) is 0 Å². The molecule has 1 aromatic carbocycles. The largest absolute Gasteiger partial charge is 0.419 e. The molecule has 0 radical (unpaired) electrons. The molecule has 0 aliphatic carbocycles. The lowest BCUT2D eigenvalue weighted by Gasteiger charge is -2.29. The van der Waals surface area contributed by atoms with Crippen LogP contribution in [-0.4, -0.2) is 17.7 Å². The molecule has 3 rings (SSSR count). The Balaban J connectivity index is 1.79. The number of thiophene rings is 1. The van der Waals surface area contributed by atoms with Crippen LogP contribution in [0.3, 0.4) is 0 Å². The van der Waals surface area contributed by atoms with Crippen molar-refractivity contribution in [2.24, 2.45) is 0 Å². The smallest absolute Gasteiger partial charge is 0.350 e. The molecular formula is C17H15NO4S. The Kier molecular flexibility index (Phi) is 3.92. The van der Waals surface area contributed by atoms with Gasteiger partial charge in [-0.3, -0.25) is 0 Å². The summed E-state index contributed by atoms with van der Waals surface area (Å²) in [7, 11) is 0. The number of hydrogen-bond acceptors (Lipinski definition) is 6. The minimum Gasteiger partial charge on any atom is -0.419 e. The number of benzene rings is 1. The van der Waals surface area contributed by atoms with Gasteiger partial charge in [0.1, 0.15) is 0 Å². The van der Waals surface area contributed by atoms with Crippen molar-refractivity contribution in [1.82, 2.24) is 0 Å². The molecule has 0 atom stereocenters. The van der Waals surface area contributed by atoms with Crippen molar-refractivity contribution in [3.05, 3.63) is 53.6 Å². The van der Waals surface area contributed by atoms with Gasteiger partial charge in [0.05, 0.1) is 0 Å². The zero-order valence-corrected chi connectivity index (χ0v) is 13.5. The van der Waals surface area contributed by atoms with Gasteiger partial charge >= 0.3 is 11.9 Å². The van der Waals surface area contributed by atoms with Crippen LogP contribution >= 0.6 is 11.3 Å². The first kappa shape index (κ1) is 15.3. The number of carbonyl (C=O) groups is 2. The Bertz CT molecular complexity index is 756. The zero-order chi connectivity index (χ0) is 16.4. The molecule has 1 aromatic heterocycles. The highest BCUT2D eigenvalue weighted by molar-refractivity contribution is 7.13. The fraction of sp³-hybridized carbons (Fsp3) is 0.176. The van der Waals surface area contributed by atoms with Gasteiger partial charge in [-0.25, -0.2) is 9.59 Å². The topological polar surface area (TPSA) is 64.6 Å². The summed E-state index contributed by atoms with van der Waals surface area (Å²) in [5, 5.41) is 4.95. The van der Waals surface area contributed by atoms with Crippen LogP contribution in [0.1, 0.15) is 13.8 Å². The van der Waals surface area contributed by atoms with E-state index < -0.39 is 17.7 Å². The van der Waals surface area contributed by atoms with Gasteiger partial charge < -0.3 is 14.8 Å². The fourth-order valence-corrected chi connectivity index (χ4v) is 2.86. The van der Waals surface area contributed by atoms with E-state index >= 15 is 0 Å². The quantitative estimate of drug-likeness (QED) is 0.530. The van der Waals surface area contributed by atoms with Crippen LogP contribution in [0.25, 0.3) is 10.4 Å². The van der Waals surface area contributed by atoms with Crippen LogP contribution in [0.2, 0.25) is 0 Å². The first-order valence-corrected chi connectivity index (χ1v) is 7.90. The highest BCUT2D eigenvalue weighted by atomic mass is 32.1. The Morgan fingerprint density at radius 1 is 1.09 bits per heavy atom. The molecular weight excluding hydrogens is 314 g/mol. The molecule has 2 heterocycles. The molecule has 1 fully saturated rings. The molecule has 1 aliphatic rings. The first-order chi connectivity index (χ1) is 10.9. The summed E-state index contributed by atoms with van der Waals surface area (Å²) in [5.41, 5.74) is 1.65. The minimum absolute atomic E-state index is 0.161. The van der Waals surface area contributed by atoms with Gasteiger partial charge in [-0.05, 0) is 29.1 Å². The summed E-state index contributed by atoms with van der Waals surface area (Å²) in [6.45, 7) is 3.02. The van der Waals surface area contributed by atoms with Crippen molar-refractivity contribution in [3.63, 3.8) is 0 Å². The Morgan fingerprint density at radius 3 is 2.48 bits per heavy atom. The second-order valence-electron chi connectivity index (χ2n) is 5.44. The standard InChI is InChI=1S/C17H15NO4S/c1-17(2)21-15(19)13(16(20)22-17)10-18-12-6-3-5-11(9-12)14-7-4-8-23-14/h3-10,18H,1-2H3. The van der Waals surface area contributed by atoms with Gasteiger partial charge in [-0.1, -0.05) is 18.2 Å². The summed E-state index contributed by atoms with van der Waals surface area (Å²) in [4.78, 5) is 24.9. The van der Waals surface area contributed by atoms with Crippen molar-refractivity contribution >= 4 is 29.0 Å². The zero-order valence-electron chi connectivity index (χ0n) is 12.7.